The average molecular weight is 463 g/mol. The van der Waals surface area contributed by atoms with E-state index < -0.39 is 5.60 Å². The monoisotopic (exact) mass is 462 g/mol. The molecule has 2 fully saturated rings. The molecule has 3 rings (SSSR count). The second-order valence-corrected chi connectivity index (χ2v) is 13.1. The molecule has 0 radical (unpaired) electrons. The molecule has 1 saturated heterocycles. The van der Waals surface area contributed by atoms with E-state index in [1.807, 2.05) is 37.4 Å². The van der Waals surface area contributed by atoms with E-state index in [0.29, 0.717) is 12.0 Å². The summed E-state index contributed by atoms with van der Waals surface area (Å²) in [6.45, 7) is 16.7. The van der Waals surface area contributed by atoms with E-state index in [0.717, 1.165) is 38.5 Å². The third kappa shape index (κ3) is 8.18. The zero-order valence-electron chi connectivity index (χ0n) is 20.9. The van der Waals surface area contributed by atoms with Crippen molar-refractivity contribution in [2.75, 3.05) is 32.8 Å². The maximum atomic E-state index is 12.3. The van der Waals surface area contributed by atoms with Crippen molar-refractivity contribution in [1.29, 1.82) is 0 Å². The number of carbonyl (C=O) groups is 1. The van der Waals surface area contributed by atoms with E-state index in [4.69, 9.17) is 9.47 Å². The normalized spacial score (nSPS) is 23.1. The molecular formula is C26H42N2O3S. The first-order valence-electron chi connectivity index (χ1n) is 12.1. The minimum absolute atomic E-state index is 0.178. The number of thioether (sulfide) groups is 1. The molecule has 0 atom stereocenters. The summed E-state index contributed by atoms with van der Waals surface area (Å²) in [4.78, 5) is 18.0. The number of hydrogen-bond donors (Lipinski definition) is 0. The molecule has 0 aromatic heterocycles. The van der Waals surface area contributed by atoms with Gasteiger partial charge in [-0.25, -0.2) is 4.79 Å². The van der Waals surface area contributed by atoms with Crippen LogP contribution in [0.25, 0.3) is 0 Å². The summed E-state index contributed by atoms with van der Waals surface area (Å²) in [5.74, 6) is 1.61. The van der Waals surface area contributed by atoms with Crippen LogP contribution in [0.15, 0.2) is 29.2 Å². The topological polar surface area (TPSA) is 42.0 Å². The summed E-state index contributed by atoms with van der Waals surface area (Å²) in [5.41, 5.74) is -0.428. The SMILES string of the molecule is CC(C)(C)OC(=O)N1CCN(C2CCC(COc3ccc(SC(C)(C)C)cc3)CC2)CC1. The third-order valence-corrected chi connectivity index (χ3v) is 7.15. The van der Waals surface area contributed by atoms with Gasteiger partial charge < -0.3 is 14.4 Å². The summed E-state index contributed by atoms with van der Waals surface area (Å²) in [6, 6.07) is 9.17. The molecule has 0 unspecified atom stereocenters. The van der Waals surface area contributed by atoms with Gasteiger partial charge in [0, 0.05) is 41.9 Å². The highest BCUT2D eigenvalue weighted by molar-refractivity contribution is 8.00. The lowest BCUT2D eigenvalue weighted by Gasteiger charge is -2.42. The molecule has 32 heavy (non-hydrogen) atoms. The van der Waals surface area contributed by atoms with Gasteiger partial charge in [0.15, 0.2) is 0 Å². The fourth-order valence-electron chi connectivity index (χ4n) is 4.44. The first-order chi connectivity index (χ1) is 15.0. The molecule has 1 aromatic rings. The van der Waals surface area contributed by atoms with Gasteiger partial charge in [-0.2, -0.15) is 0 Å². The lowest BCUT2D eigenvalue weighted by atomic mass is 9.85. The predicted octanol–water partition coefficient (Wildman–Crippen LogP) is 6.07. The zero-order chi connectivity index (χ0) is 23.4. The number of hydrogen-bond acceptors (Lipinski definition) is 5. The molecule has 5 nitrogen and oxygen atoms in total. The van der Waals surface area contributed by atoms with Crippen LogP contribution in [0.3, 0.4) is 0 Å². The molecule has 180 valence electrons. The van der Waals surface area contributed by atoms with Crippen molar-refractivity contribution < 1.29 is 14.3 Å². The van der Waals surface area contributed by atoms with Crippen molar-refractivity contribution in [3.8, 4) is 5.75 Å². The lowest BCUT2D eigenvalue weighted by Crippen LogP contribution is -2.53. The van der Waals surface area contributed by atoms with Crippen molar-refractivity contribution >= 4 is 17.9 Å². The maximum absolute atomic E-state index is 12.3. The first-order valence-corrected chi connectivity index (χ1v) is 12.9. The van der Waals surface area contributed by atoms with Crippen molar-refractivity contribution in [3.63, 3.8) is 0 Å². The molecule has 2 aliphatic rings. The van der Waals surface area contributed by atoms with Crippen LogP contribution in [0, 0.1) is 5.92 Å². The Kier molecular flexibility index (Phi) is 8.42. The third-order valence-electron chi connectivity index (χ3n) is 6.03. The van der Waals surface area contributed by atoms with Gasteiger partial charge in [-0.05, 0) is 76.6 Å². The van der Waals surface area contributed by atoms with Crippen molar-refractivity contribution in [2.45, 2.75) is 88.5 Å². The highest BCUT2D eigenvalue weighted by Gasteiger charge is 2.31. The van der Waals surface area contributed by atoms with Crippen LogP contribution < -0.4 is 4.74 Å². The second kappa shape index (κ2) is 10.7. The van der Waals surface area contributed by atoms with Crippen molar-refractivity contribution in [3.05, 3.63) is 24.3 Å². The van der Waals surface area contributed by atoms with Gasteiger partial charge in [0.1, 0.15) is 11.4 Å². The van der Waals surface area contributed by atoms with Gasteiger partial charge in [0.2, 0.25) is 0 Å². The van der Waals surface area contributed by atoms with Crippen molar-refractivity contribution in [2.24, 2.45) is 5.92 Å². The fraction of sp³-hybridized carbons (Fsp3) is 0.731. The summed E-state index contributed by atoms with van der Waals surface area (Å²) in [7, 11) is 0. The Morgan fingerprint density at radius 3 is 2.06 bits per heavy atom. The molecule has 0 N–H and O–H groups in total. The molecule has 0 spiro atoms. The summed E-state index contributed by atoms with van der Waals surface area (Å²) in [6.07, 6.45) is 4.70. The molecule has 1 aromatic carbocycles. The average Bonchev–Trinajstić information content (AvgIpc) is 2.71. The number of amides is 1. The Morgan fingerprint density at radius 1 is 0.938 bits per heavy atom. The molecule has 0 bridgehead atoms. The lowest BCUT2D eigenvalue weighted by molar-refractivity contribution is 0.00654. The number of nitrogens with zero attached hydrogens (tertiary/aromatic N) is 2. The zero-order valence-corrected chi connectivity index (χ0v) is 21.7. The highest BCUT2D eigenvalue weighted by atomic mass is 32.2. The molecule has 1 saturated carbocycles. The molecule has 6 heteroatoms. The van der Waals surface area contributed by atoms with Gasteiger partial charge >= 0.3 is 6.09 Å². The van der Waals surface area contributed by atoms with E-state index >= 15 is 0 Å². The standard InChI is InChI=1S/C26H42N2O3S/c1-25(2,3)31-24(29)28-17-15-27(16-18-28)21-9-7-20(8-10-21)19-30-22-11-13-23(14-12-22)32-26(4,5)6/h11-14,20-21H,7-10,15-19H2,1-6H3. The Labute approximate surface area is 199 Å². The molecule has 1 amide bonds. The largest absolute Gasteiger partial charge is 0.493 e. The smallest absolute Gasteiger partial charge is 0.410 e. The molecule has 1 aliphatic carbocycles. The van der Waals surface area contributed by atoms with Crippen LogP contribution in [0.4, 0.5) is 4.79 Å². The molecule has 1 heterocycles. The molecule has 1 aliphatic heterocycles. The van der Waals surface area contributed by atoms with Crippen LogP contribution in [0.5, 0.6) is 5.75 Å². The minimum Gasteiger partial charge on any atom is -0.493 e. The number of carbonyl (C=O) groups excluding carboxylic acids is 1. The number of benzene rings is 1. The van der Waals surface area contributed by atoms with Gasteiger partial charge in [0.05, 0.1) is 6.61 Å². The van der Waals surface area contributed by atoms with Crippen LogP contribution in [-0.2, 0) is 4.74 Å². The van der Waals surface area contributed by atoms with E-state index in [2.05, 4.69) is 49.9 Å². The predicted molar refractivity (Wildman–Crippen MR) is 133 cm³/mol. The Morgan fingerprint density at radius 2 is 1.53 bits per heavy atom. The number of ether oxygens (including phenoxy) is 2. The molecular weight excluding hydrogens is 420 g/mol. The number of rotatable bonds is 5. The number of piperazine rings is 1. The summed E-state index contributed by atoms with van der Waals surface area (Å²) >= 11 is 1.88. The van der Waals surface area contributed by atoms with E-state index in [1.54, 1.807) is 0 Å². The van der Waals surface area contributed by atoms with Gasteiger partial charge in [-0.15, -0.1) is 11.8 Å². The van der Waals surface area contributed by atoms with Gasteiger partial charge in [-0.1, -0.05) is 20.8 Å². The maximum Gasteiger partial charge on any atom is 0.410 e. The van der Waals surface area contributed by atoms with E-state index in [1.165, 1.54) is 30.6 Å². The Balaban J connectivity index is 1.35. The highest BCUT2D eigenvalue weighted by Crippen LogP contribution is 2.33. The van der Waals surface area contributed by atoms with Crippen LogP contribution in [0.1, 0.15) is 67.2 Å². The summed E-state index contributed by atoms with van der Waals surface area (Å²) < 4.78 is 11.9. The van der Waals surface area contributed by atoms with Crippen LogP contribution in [0.2, 0.25) is 0 Å². The van der Waals surface area contributed by atoms with Gasteiger partial charge in [0.25, 0.3) is 0 Å². The van der Waals surface area contributed by atoms with E-state index in [-0.39, 0.29) is 10.8 Å². The quantitative estimate of drug-likeness (QED) is 0.497. The minimum atomic E-state index is -0.428. The van der Waals surface area contributed by atoms with Crippen molar-refractivity contribution in [1.82, 2.24) is 9.80 Å². The Bertz CT molecular complexity index is 723. The fourth-order valence-corrected chi connectivity index (χ4v) is 5.42. The Hall–Kier alpha value is -1.40. The van der Waals surface area contributed by atoms with E-state index in [9.17, 15) is 4.79 Å². The van der Waals surface area contributed by atoms with Gasteiger partial charge in [-0.3, -0.25) is 4.90 Å². The first kappa shape index (κ1) is 25.2. The second-order valence-electron chi connectivity index (χ2n) is 11.2. The summed E-state index contributed by atoms with van der Waals surface area (Å²) in [5, 5.41) is 0. The van der Waals surface area contributed by atoms with Crippen LogP contribution in [-0.4, -0.2) is 65.1 Å². The van der Waals surface area contributed by atoms with Crippen LogP contribution >= 0.6 is 11.8 Å².